The summed E-state index contributed by atoms with van der Waals surface area (Å²) in [6, 6.07) is 3.97. The van der Waals surface area contributed by atoms with Crippen LogP contribution in [0.15, 0.2) is 18.3 Å². The molecule has 0 spiro atoms. The number of aryl methyl sites for hydroxylation is 1. The number of halogens is 1. The lowest BCUT2D eigenvalue weighted by Crippen LogP contribution is -1.98. The fourth-order valence-corrected chi connectivity index (χ4v) is 1.65. The van der Waals surface area contributed by atoms with Crippen molar-refractivity contribution in [2.75, 3.05) is 0 Å². The number of aromatic nitrogens is 3. The van der Waals surface area contributed by atoms with Crippen molar-refractivity contribution in [3.63, 3.8) is 0 Å². The highest BCUT2D eigenvalue weighted by Crippen LogP contribution is 2.07. The third-order valence-corrected chi connectivity index (χ3v) is 2.01. The molecule has 11 heavy (non-hydrogen) atoms. The first-order chi connectivity index (χ1) is 5.27. The average Bonchev–Trinajstić information content (AvgIpc) is 2.34. The molecular weight excluding hydrogens is 253 g/mol. The van der Waals surface area contributed by atoms with Gasteiger partial charge in [0, 0.05) is 28.8 Å². The van der Waals surface area contributed by atoms with Crippen LogP contribution >= 0.6 is 22.6 Å². The van der Waals surface area contributed by atoms with E-state index in [-0.39, 0.29) is 0 Å². The van der Waals surface area contributed by atoms with E-state index in [2.05, 4.69) is 32.7 Å². The average molecular weight is 259 g/mol. The summed E-state index contributed by atoms with van der Waals surface area (Å²) >= 11 is 2.11. The fourth-order valence-electron chi connectivity index (χ4n) is 1.05. The molecule has 0 aliphatic rings. The fraction of sp³-hybridized carbons (Fsp3) is 0.143. The largest absolute Gasteiger partial charge is 0.237 e. The molecule has 0 aliphatic carbocycles. The second-order valence-corrected chi connectivity index (χ2v) is 3.27. The minimum Gasteiger partial charge on any atom is -0.237 e. The van der Waals surface area contributed by atoms with Gasteiger partial charge in [0.1, 0.15) is 0 Å². The molecular formula is C7H6IN3. The molecule has 0 bridgehead atoms. The Bertz CT molecular complexity index is 393. The zero-order chi connectivity index (χ0) is 7.84. The topological polar surface area (TPSA) is 30.2 Å². The number of hydrogen-bond acceptors (Lipinski definition) is 2. The molecule has 2 aromatic heterocycles. The number of rotatable bonds is 0. The van der Waals surface area contributed by atoms with Crippen LogP contribution in [0.2, 0.25) is 0 Å². The van der Waals surface area contributed by atoms with Gasteiger partial charge in [-0.2, -0.15) is 0 Å². The van der Waals surface area contributed by atoms with E-state index in [1.807, 2.05) is 29.8 Å². The van der Waals surface area contributed by atoms with Gasteiger partial charge in [0.05, 0.1) is 11.2 Å². The maximum Gasteiger partial charge on any atom is 0.210 e. The van der Waals surface area contributed by atoms with E-state index in [4.69, 9.17) is 0 Å². The first-order valence-electron chi connectivity index (χ1n) is 3.25. The first kappa shape index (κ1) is 7.02. The van der Waals surface area contributed by atoms with Crippen LogP contribution in [0.3, 0.4) is 0 Å². The van der Waals surface area contributed by atoms with Crippen molar-refractivity contribution < 1.29 is 0 Å². The van der Waals surface area contributed by atoms with Gasteiger partial charge in [-0.05, 0) is 19.1 Å². The molecule has 4 heteroatoms. The molecule has 0 N–H and O–H groups in total. The Morgan fingerprint density at radius 3 is 3.18 bits per heavy atom. The Morgan fingerprint density at radius 2 is 2.36 bits per heavy atom. The van der Waals surface area contributed by atoms with Crippen molar-refractivity contribution in [3.05, 3.63) is 27.9 Å². The summed E-state index contributed by atoms with van der Waals surface area (Å²) in [5, 5.41) is 4.19. The van der Waals surface area contributed by atoms with Gasteiger partial charge in [0.2, 0.25) is 3.83 Å². The van der Waals surface area contributed by atoms with E-state index >= 15 is 0 Å². The van der Waals surface area contributed by atoms with Crippen LogP contribution in [-0.4, -0.2) is 14.6 Å². The molecule has 0 amide bonds. The summed E-state index contributed by atoms with van der Waals surface area (Å²) in [5.74, 6) is 0. The Hall–Kier alpha value is -0.650. The number of hydrogen-bond donors (Lipinski definition) is 0. The molecule has 0 fully saturated rings. The zero-order valence-corrected chi connectivity index (χ0v) is 8.11. The van der Waals surface area contributed by atoms with Gasteiger partial charge in [-0.25, -0.2) is 9.50 Å². The first-order valence-corrected chi connectivity index (χ1v) is 4.33. The minimum absolute atomic E-state index is 0.781. The molecule has 0 unspecified atom stereocenters. The summed E-state index contributed by atoms with van der Waals surface area (Å²) in [4.78, 5) is 4.23. The molecule has 0 saturated carbocycles. The third kappa shape index (κ3) is 1.11. The lowest BCUT2D eigenvalue weighted by atomic mass is 10.4. The molecule has 3 nitrogen and oxygen atoms in total. The van der Waals surface area contributed by atoms with Crippen LogP contribution in [0, 0.1) is 10.8 Å². The number of nitrogens with zero attached hydrogens (tertiary/aromatic N) is 3. The quantitative estimate of drug-likeness (QED) is 0.673. The van der Waals surface area contributed by atoms with Crippen molar-refractivity contribution in [1.82, 2.24) is 14.6 Å². The van der Waals surface area contributed by atoms with Crippen LogP contribution in [0.1, 0.15) is 5.69 Å². The molecule has 2 heterocycles. The van der Waals surface area contributed by atoms with Crippen molar-refractivity contribution in [1.29, 1.82) is 0 Å². The maximum atomic E-state index is 4.23. The second kappa shape index (κ2) is 2.44. The molecule has 2 rings (SSSR count). The van der Waals surface area contributed by atoms with Gasteiger partial charge < -0.3 is 0 Å². The van der Waals surface area contributed by atoms with Crippen molar-refractivity contribution >= 4 is 28.1 Å². The summed E-state index contributed by atoms with van der Waals surface area (Å²) in [6.45, 7) is 1.99. The maximum absolute atomic E-state index is 4.23. The van der Waals surface area contributed by atoms with Gasteiger partial charge in [0.25, 0.3) is 0 Å². The van der Waals surface area contributed by atoms with E-state index in [0.29, 0.717) is 0 Å². The summed E-state index contributed by atoms with van der Waals surface area (Å²) in [6.07, 6.45) is 1.92. The smallest absolute Gasteiger partial charge is 0.210 e. The summed E-state index contributed by atoms with van der Waals surface area (Å²) in [5.41, 5.74) is 2.10. The van der Waals surface area contributed by atoms with Crippen molar-refractivity contribution in [2.24, 2.45) is 0 Å². The van der Waals surface area contributed by atoms with E-state index in [1.165, 1.54) is 0 Å². The summed E-state index contributed by atoms with van der Waals surface area (Å²) in [7, 11) is 0. The Labute approximate surface area is 77.6 Å². The monoisotopic (exact) mass is 259 g/mol. The van der Waals surface area contributed by atoms with Gasteiger partial charge >= 0.3 is 0 Å². The van der Waals surface area contributed by atoms with Gasteiger partial charge in [-0.1, -0.05) is 0 Å². The van der Waals surface area contributed by atoms with Gasteiger partial charge in [0.15, 0.2) is 0 Å². The highest BCUT2D eigenvalue weighted by atomic mass is 127. The standard InChI is InChI=1S/C7H6IN3/c1-5-6-3-2-4-11(6)10-7(8)9-5/h2-4H,1H3. The second-order valence-electron chi connectivity index (χ2n) is 2.30. The lowest BCUT2D eigenvalue weighted by molar-refractivity contribution is 0.857. The van der Waals surface area contributed by atoms with Crippen molar-refractivity contribution in [2.45, 2.75) is 6.92 Å². The van der Waals surface area contributed by atoms with Crippen LogP contribution in [0.25, 0.3) is 5.52 Å². The zero-order valence-electron chi connectivity index (χ0n) is 5.95. The van der Waals surface area contributed by atoms with Crippen LogP contribution in [-0.2, 0) is 0 Å². The Kier molecular flexibility index (Phi) is 1.56. The lowest BCUT2D eigenvalue weighted by Gasteiger charge is -1.97. The molecule has 0 atom stereocenters. The molecule has 56 valence electrons. The predicted octanol–water partition coefficient (Wildman–Crippen LogP) is 1.64. The van der Waals surface area contributed by atoms with Crippen LogP contribution in [0.4, 0.5) is 0 Å². The normalized spacial score (nSPS) is 10.7. The highest BCUT2D eigenvalue weighted by Gasteiger charge is 1.99. The summed E-state index contributed by atoms with van der Waals surface area (Å²) < 4.78 is 2.62. The van der Waals surface area contributed by atoms with Gasteiger partial charge in [-0.3, -0.25) is 0 Å². The van der Waals surface area contributed by atoms with E-state index in [9.17, 15) is 0 Å². The predicted molar refractivity (Wildman–Crippen MR) is 50.4 cm³/mol. The van der Waals surface area contributed by atoms with Crippen LogP contribution in [0.5, 0.6) is 0 Å². The third-order valence-electron chi connectivity index (χ3n) is 1.55. The van der Waals surface area contributed by atoms with Crippen LogP contribution < -0.4 is 0 Å². The molecule has 2 aromatic rings. The van der Waals surface area contributed by atoms with E-state index in [1.54, 1.807) is 0 Å². The molecule has 0 radical (unpaired) electrons. The molecule has 0 saturated heterocycles. The van der Waals surface area contributed by atoms with Gasteiger partial charge in [-0.15, -0.1) is 5.10 Å². The van der Waals surface area contributed by atoms with E-state index in [0.717, 1.165) is 15.0 Å². The molecule has 0 aromatic carbocycles. The Balaban J connectivity index is 2.91. The number of fused-ring (bicyclic) bond motifs is 1. The van der Waals surface area contributed by atoms with E-state index < -0.39 is 0 Å². The van der Waals surface area contributed by atoms with Crippen molar-refractivity contribution in [3.8, 4) is 0 Å². The SMILES string of the molecule is Cc1nc(I)nn2cccc12. The minimum atomic E-state index is 0.781. The Morgan fingerprint density at radius 1 is 1.55 bits per heavy atom. The molecule has 0 aliphatic heterocycles. The highest BCUT2D eigenvalue weighted by molar-refractivity contribution is 14.1.